The summed E-state index contributed by atoms with van der Waals surface area (Å²) in [6, 6.07) is 13.8. The summed E-state index contributed by atoms with van der Waals surface area (Å²) in [6.07, 6.45) is 1.01. The quantitative estimate of drug-likeness (QED) is 0.624. The second kappa shape index (κ2) is 9.37. The van der Waals surface area contributed by atoms with Gasteiger partial charge in [-0.05, 0) is 30.7 Å². The molecule has 0 atom stereocenters. The molecule has 5 nitrogen and oxygen atoms in total. The predicted octanol–water partition coefficient (Wildman–Crippen LogP) is 4.04. The zero-order valence-electron chi connectivity index (χ0n) is 16.3. The first-order valence-electron chi connectivity index (χ1n) is 9.08. The molecule has 1 aromatic heterocycles. The van der Waals surface area contributed by atoms with Crippen LogP contribution >= 0.6 is 11.3 Å². The number of rotatable bonds is 8. The van der Waals surface area contributed by atoms with Gasteiger partial charge in [0.15, 0.2) is 11.5 Å². The largest absolute Gasteiger partial charge is 0.493 e. The van der Waals surface area contributed by atoms with E-state index in [1.165, 1.54) is 5.56 Å². The van der Waals surface area contributed by atoms with E-state index >= 15 is 0 Å². The van der Waals surface area contributed by atoms with E-state index in [0.717, 1.165) is 21.8 Å². The molecule has 1 heterocycles. The monoisotopic (exact) mass is 396 g/mol. The number of benzene rings is 2. The van der Waals surface area contributed by atoms with E-state index in [1.54, 1.807) is 25.6 Å². The Morgan fingerprint density at radius 3 is 2.68 bits per heavy atom. The summed E-state index contributed by atoms with van der Waals surface area (Å²) in [5, 5.41) is 6.02. The fraction of sp³-hybridized carbons (Fsp3) is 0.273. The minimum absolute atomic E-state index is 0.0265. The fourth-order valence-corrected chi connectivity index (χ4v) is 3.75. The Balaban J connectivity index is 1.51. The SMILES string of the molecule is COc1ccc(CC(=O)NCCc2csc(-c3cccc(C)c3)n2)cc1OC. The Labute approximate surface area is 169 Å². The molecule has 3 rings (SSSR count). The lowest BCUT2D eigenvalue weighted by atomic mass is 10.1. The van der Waals surface area contributed by atoms with E-state index in [0.29, 0.717) is 30.9 Å². The third-order valence-corrected chi connectivity index (χ3v) is 5.27. The number of amides is 1. The molecule has 0 bridgehead atoms. The van der Waals surface area contributed by atoms with Crippen molar-refractivity contribution >= 4 is 17.2 Å². The molecule has 0 aliphatic rings. The molecule has 146 valence electrons. The normalized spacial score (nSPS) is 10.5. The zero-order chi connectivity index (χ0) is 19.9. The highest BCUT2D eigenvalue weighted by Crippen LogP contribution is 2.27. The van der Waals surface area contributed by atoms with Crippen LogP contribution in [0, 0.1) is 6.92 Å². The summed E-state index contributed by atoms with van der Waals surface area (Å²) >= 11 is 1.63. The highest BCUT2D eigenvalue weighted by molar-refractivity contribution is 7.13. The van der Waals surface area contributed by atoms with Crippen molar-refractivity contribution in [2.75, 3.05) is 20.8 Å². The molecular weight excluding hydrogens is 372 g/mol. The van der Waals surface area contributed by atoms with Gasteiger partial charge in [-0.15, -0.1) is 11.3 Å². The summed E-state index contributed by atoms with van der Waals surface area (Å²) in [5.41, 5.74) is 4.23. The maximum Gasteiger partial charge on any atom is 0.224 e. The van der Waals surface area contributed by atoms with Crippen LogP contribution < -0.4 is 14.8 Å². The van der Waals surface area contributed by atoms with Gasteiger partial charge in [0.1, 0.15) is 5.01 Å². The molecule has 2 aromatic carbocycles. The lowest BCUT2D eigenvalue weighted by Crippen LogP contribution is -2.27. The average molecular weight is 397 g/mol. The van der Waals surface area contributed by atoms with Crippen molar-refractivity contribution in [1.82, 2.24) is 10.3 Å². The molecule has 0 spiro atoms. The lowest BCUT2D eigenvalue weighted by molar-refractivity contribution is -0.120. The standard InChI is InChI=1S/C22H24N2O3S/c1-15-5-4-6-17(11-15)22-24-18(14-28-22)9-10-23-21(25)13-16-7-8-19(26-2)20(12-16)27-3/h4-8,11-12,14H,9-10,13H2,1-3H3,(H,23,25). The van der Waals surface area contributed by atoms with Gasteiger partial charge < -0.3 is 14.8 Å². The van der Waals surface area contributed by atoms with Crippen molar-refractivity contribution in [1.29, 1.82) is 0 Å². The first kappa shape index (κ1) is 19.9. The number of aromatic nitrogens is 1. The number of nitrogens with one attached hydrogen (secondary N) is 1. The number of hydrogen-bond donors (Lipinski definition) is 1. The van der Waals surface area contributed by atoms with E-state index in [4.69, 9.17) is 9.47 Å². The van der Waals surface area contributed by atoms with Crippen LogP contribution in [0.15, 0.2) is 47.8 Å². The third-order valence-electron chi connectivity index (χ3n) is 4.33. The number of aryl methyl sites for hydroxylation is 1. The predicted molar refractivity (Wildman–Crippen MR) is 112 cm³/mol. The Morgan fingerprint density at radius 2 is 1.93 bits per heavy atom. The van der Waals surface area contributed by atoms with Crippen molar-refractivity contribution in [2.24, 2.45) is 0 Å². The number of thiazole rings is 1. The fourth-order valence-electron chi connectivity index (χ4n) is 2.90. The van der Waals surface area contributed by atoms with Gasteiger partial charge in [0.05, 0.1) is 26.3 Å². The third kappa shape index (κ3) is 5.10. The Morgan fingerprint density at radius 1 is 1.11 bits per heavy atom. The molecule has 1 N–H and O–H groups in total. The van der Waals surface area contributed by atoms with Crippen molar-refractivity contribution < 1.29 is 14.3 Å². The first-order chi connectivity index (χ1) is 13.6. The smallest absolute Gasteiger partial charge is 0.224 e. The molecule has 0 aliphatic heterocycles. The molecule has 0 unspecified atom stereocenters. The summed E-state index contributed by atoms with van der Waals surface area (Å²) in [5.74, 6) is 1.25. The van der Waals surface area contributed by atoms with Gasteiger partial charge in [0.25, 0.3) is 0 Å². The average Bonchev–Trinajstić information content (AvgIpc) is 3.17. The number of carbonyl (C=O) groups excluding carboxylic acids is 1. The summed E-state index contributed by atoms with van der Waals surface area (Å²) in [4.78, 5) is 16.9. The zero-order valence-corrected chi connectivity index (χ0v) is 17.1. The van der Waals surface area contributed by atoms with Crippen molar-refractivity contribution in [3.8, 4) is 22.1 Å². The minimum Gasteiger partial charge on any atom is -0.493 e. The van der Waals surface area contributed by atoms with Crippen LogP contribution in [0.25, 0.3) is 10.6 Å². The van der Waals surface area contributed by atoms with Gasteiger partial charge in [-0.3, -0.25) is 4.79 Å². The molecule has 0 radical (unpaired) electrons. The Hall–Kier alpha value is -2.86. The summed E-state index contributed by atoms with van der Waals surface area (Å²) in [7, 11) is 3.17. The van der Waals surface area contributed by atoms with Gasteiger partial charge in [-0.1, -0.05) is 29.8 Å². The maximum atomic E-state index is 12.2. The van der Waals surface area contributed by atoms with Gasteiger partial charge in [0, 0.05) is 23.9 Å². The van der Waals surface area contributed by atoms with Gasteiger partial charge in [0.2, 0.25) is 5.91 Å². The number of carbonyl (C=O) groups is 1. The molecule has 0 fully saturated rings. The maximum absolute atomic E-state index is 12.2. The topological polar surface area (TPSA) is 60.5 Å². The molecule has 3 aromatic rings. The highest BCUT2D eigenvalue weighted by atomic mass is 32.1. The lowest BCUT2D eigenvalue weighted by Gasteiger charge is -2.09. The van der Waals surface area contributed by atoms with Crippen LogP contribution in [0.1, 0.15) is 16.8 Å². The number of nitrogens with zero attached hydrogens (tertiary/aromatic N) is 1. The highest BCUT2D eigenvalue weighted by Gasteiger charge is 2.09. The molecule has 0 aliphatic carbocycles. The van der Waals surface area contributed by atoms with Crippen molar-refractivity contribution in [3.05, 3.63) is 64.7 Å². The first-order valence-corrected chi connectivity index (χ1v) is 9.96. The minimum atomic E-state index is -0.0265. The second-order valence-corrected chi connectivity index (χ2v) is 7.34. The van der Waals surface area contributed by atoms with Crippen LogP contribution in [0.3, 0.4) is 0 Å². The van der Waals surface area contributed by atoms with Crippen molar-refractivity contribution in [2.45, 2.75) is 19.8 Å². The van der Waals surface area contributed by atoms with E-state index in [-0.39, 0.29) is 5.91 Å². The summed E-state index contributed by atoms with van der Waals surface area (Å²) in [6.45, 7) is 2.63. The van der Waals surface area contributed by atoms with Gasteiger partial charge in [-0.25, -0.2) is 4.98 Å². The summed E-state index contributed by atoms with van der Waals surface area (Å²) < 4.78 is 10.5. The van der Waals surface area contributed by atoms with Crippen LogP contribution in [-0.4, -0.2) is 31.7 Å². The van der Waals surface area contributed by atoms with Crippen LogP contribution in [0.2, 0.25) is 0 Å². The van der Waals surface area contributed by atoms with E-state index in [9.17, 15) is 4.79 Å². The van der Waals surface area contributed by atoms with Gasteiger partial charge in [-0.2, -0.15) is 0 Å². The number of hydrogen-bond acceptors (Lipinski definition) is 5. The molecular formula is C22H24N2O3S. The Kier molecular flexibility index (Phi) is 6.66. The number of methoxy groups -OCH3 is 2. The van der Waals surface area contributed by atoms with Crippen LogP contribution in [0.4, 0.5) is 0 Å². The molecule has 0 saturated carbocycles. The Bertz CT molecular complexity index is 952. The number of ether oxygens (including phenoxy) is 2. The molecule has 28 heavy (non-hydrogen) atoms. The molecule has 0 saturated heterocycles. The molecule has 6 heteroatoms. The molecule has 1 amide bonds. The van der Waals surface area contributed by atoms with E-state index in [1.807, 2.05) is 24.3 Å². The van der Waals surface area contributed by atoms with Gasteiger partial charge >= 0.3 is 0 Å². The van der Waals surface area contributed by atoms with Crippen LogP contribution in [0.5, 0.6) is 11.5 Å². The van der Waals surface area contributed by atoms with Crippen LogP contribution in [-0.2, 0) is 17.6 Å². The van der Waals surface area contributed by atoms with E-state index < -0.39 is 0 Å². The second-order valence-electron chi connectivity index (χ2n) is 6.48. The van der Waals surface area contributed by atoms with Crippen molar-refractivity contribution in [3.63, 3.8) is 0 Å². The van der Waals surface area contributed by atoms with E-state index in [2.05, 4.69) is 40.8 Å².